The summed E-state index contributed by atoms with van der Waals surface area (Å²) in [4.78, 5) is 39.2. The quantitative estimate of drug-likeness (QED) is 0.537. The number of Topliss-reactive ketones (excluding diaryl/α,β-unsaturated/α-hetero) is 1. The molecule has 0 spiro atoms. The van der Waals surface area contributed by atoms with E-state index in [-0.39, 0.29) is 17.8 Å². The molecule has 4 atom stereocenters. The minimum Gasteiger partial charge on any atom is -0.468 e. The van der Waals surface area contributed by atoms with Gasteiger partial charge in [-0.15, -0.1) is 0 Å². The summed E-state index contributed by atoms with van der Waals surface area (Å²) in [5.41, 5.74) is 2.89. The van der Waals surface area contributed by atoms with Gasteiger partial charge in [0.05, 0.1) is 18.8 Å². The van der Waals surface area contributed by atoms with Crippen LogP contribution < -0.4 is 5.32 Å². The standard InChI is InChI=1S/C24H28ClNO5/c1-6-13(3)31-24(29)19-14(4)26-17-11-12(2)18(23(28)30-5)22(27)21(17)20(19)15-7-9-16(25)10-8-15/h7-10,12-13,18,20,26H,6,11H2,1-5H3/t12-,13-,18-,20+/m0/s1. The van der Waals surface area contributed by atoms with E-state index in [1.165, 1.54) is 7.11 Å². The molecule has 3 rings (SSSR count). The van der Waals surface area contributed by atoms with Crippen molar-refractivity contribution in [2.75, 3.05) is 7.11 Å². The number of methoxy groups -OCH3 is 1. The second-order valence-electron chi connectivity index (χ2n) is 8.21. The third kappa shape index (κ3) is 4.40. The first-order chi connectivity index (χ1) is 14.7. The maximum absolute atomic E-state index is 13.6. The Hall–Kier alpha value is -2.60. The summed E-state index contributed by atoms with van der Waals surface area (Å²) in [6.45, 7) is 7.42. The lowest BCUT2D eigenvalue weighted by Gasteiger charge is -2.38. The largest absolute Gasteiger partial charge is 0.468 e. The number of benzene rings is 1. The summed E-state index contributed by atoms with van der Waals surface area (Å²) in [5, 5.41) is 3.80. The zero-order valence-corrected chi connectivity index (χ0v) is 19.2. The molecule has 7 heteroatoms. The molecule has 0 unspecified atom stereocenters. The van der Waals surface area contributed by atoms with Crippen molar-refractivity contribution in [3.63, 3.8) is 0 Å². The van der Waals surface area contributed by atoms with Gasteiger partial charge >= 0.3 is 11.9 Å². The molecule has 0 bridgehead atoms. The molecule has 31 heavy (non-hydrogen) atoms. The predicted octanol–water partition coefficient (Wildman–Crippen LogP) is 4.29. The predicted molar refractivity (Wildman–Crippen MR) is 117 cm³/mol. The van der Waals surface area contributed by atoms with E-state index < -0.39 is 23.8 Å². The Kier molecular flexibility index (Phi) is 6.90. The van der Waals surface area contributed by atoms with Crippen LogP contribution >= 0.6 is 11.6 Å². The molecule has 0 aromatic heterocycles. The molecule has 0 fully saturated rings. The summed E-state index contributed by atoms with van der Waals surface area (Å²) >= 11 is 6.08. The number of esters is 2. The minimum absolute atomic E-state index is 0.224. The van der Waals surface area contributed by atoms with Crippen molar-refractivity contribution < 1.29 is 23.9 Å². The van der Waals surface area contributed by atoms with Crippen molar-refractivity contribution in [3.05, 3.63) is 57.4 Å². The number of nitrogens with one attached hydrogen (secondary N) is 1. The second kappa shape index (κ2) is 9.27. The van der Waals surface area contributed by atoms with E-state index in [9.17, 15) is 14.4 Å². The first kappa shape index (κ1) is 23.1. The van der Waals surface area contributed by atoms with Gasteiger partial charge in [0.2, 0.25) is 0 Å². The number of carbonyl (C=O) groups is 3. The van der Waals surface area contributed by atoms with E-state index in [0.29, 0.717) is 34.7 Å². The van der Waals surface area contributed by atoms with E-state index in [4.69, 9.17) is 21.1 Å². The molecule has 1 heterocycles. The minimum atomic E-state index is -0.911. The van der Waals surface area contributed by atoms with Crippen LogP contribution in [0.1, 0.15) is 52.0 Å². The van der Waals surface area contributed by atoms with Gasteiger partial charge < -0.3 is 14.8 Å². The zero-order valence-electron chi connectivity index (χ0n) is 18.5. The molecule has 166 valence electrons. The van der Waals surface area contributed by atoms with Gasteiger partial charge in [0, 0.05) is 27.9 Å². The Labute approximate surface area is 187 Å². The van der Waals surface area contributed by atoms with Crippen LogP contribution in [-0.4, -0.2) is 30.9 Å². The van der Waals surface area contributed by atoms with Gasteiger partial charge in [0.25, 0.3) is 0 Å². The van der Waals surface area contributed by atoms with Crippen molar-refractivity contribution >= 4 is 29.3 Å². The molecule has 1 aromatic carbocycles. The topological polar surface area (TPSA) is 81.7 Å². The summed E-state index contributed by atoms with van der Waals surface area (Å²) in [5.74, 6) is -3.16. The Balaban J connectivity index is 2.15. The highest BCUT2D eigenvalue weighted by Crippen LogP contribution is 2.45. The number of carbonyl (C=O) groups excluding carboxylic acids is 3. The Morgan fingerprint density at radius 3 is 2.48 bits per heavy atom. The van der Waals surface area contributed by atoms with E-state index >= 15 is 0 Å². The van der Waals surface area contributed by atoms with E-state index in [2.05, 4.69) is 5.32 Å². The van der Waals surface area contributed by atoms with Crippen LogP contribution in [0.5, 0.6) is 0 Å². The van der Waals surface area contributed by atoms with E-state index in [0.717, 1.165) is 11.3 Å². The summed E-state index contributed by atoms with van der Waals surface area (Å²) in [6, 6.07) is 7.04. The van der Waals surface area contributed by atoms with Crippen LogP contribution in [0.4, 0.5) is 0 Å². The zero-order chi connectivity index (χ0) is 22.9. The smallest absolute Gasteiger partial charge is 0.337 e. The number of hydrogen-bond acceptors (Lipinski definition) is 6. The third-order valence-electron chi connectivity index (χ3n) is 6.05. The fourth-order valence-corrected chi connectivity index (χ4v) is 4.40. The molecule has 2 aliphatic rings. The van der Waals surface area contributed by atoms with Crippen LogP contribution in [0, 0.1) is 11.8 Å². The Morgan fingerprint density at radius 1 is 1.26 bits per heavy atom. The van der Waals surface area contributed by atoms with Crippen molar-refractivity contribution in [3.8, 4) is 0 Å². The number of hydrogen-bond donors (Lipinski definition) is 1. The van der Waals surface area contributed by atoms with Crippen LogP contribution in [0.2, 0.25) is 5.02 Å². The fourth-order valence-electron chi connectivity index (χ4n) is 4.27. The van der Waals surface area contributed by atoms with Crippen molar-refractivity contribution in [2.24, 2.45) is 11.8 Å². The van der Waals surface area contributed by atoms with Gasteiger partial charge in [0.15, 0.2) is 5.78 Å². The van der Waals surface area contributed by atoms with Gasteiger partial charge in [-0.2, -0.15) is 0 Å². The maximum atomic E-state index is 13.6. The number of dihydropyridines is 1. The van der Waals surface area contributed by atoms with Gasteiger partial charge in [0.1, 0.15) is 5.92 Å². The molecular weight excluding hydrogens is 418 g/mol. The molecule has 1 aliphatic carbocycles. The number of ether oxygens (including phenoxy) is 2. The average Bonchev–Trinajstić information content (AvgIpc) is 2.72. The lowest BCUT2D eigenvalue weighted by molar-refractivity contribution is -0.151. The third-order valence-corrected chi connectivity index (χ3v) is 6.30. The van der Waals surface area contributed by atoms with Gasteiger partial charge in [-0.05, 0) is 50.3 Å². The molecule has 1 N–H and O–H groups in total. The SMILES string of the molecule is CC[C@H](C)OC(=O)C1=C(C)NC2=C(C(=O)[C@@H](C(=O)OC)[C@@H](C)C2)[C@@H]1c1ccc(Cl)cc1. The summed E-state index contributed by atoms with van der Waals surface area (Å²) in [6.07, 6.45) is 0.904. The van der Waals surface area contributed by atoms with Gasteiger partial charge in [-0.1, -0.05) is 37.6 Å². The highest BCUT2D eigenvalue weighted by atomic mass is 35.5. The Morgan fingerprint density at radius 2 is 1.90 bits per heavy atom. The summed E-state index contributed by atoms with van der Waals surface area (Å²) < 4.78 is 10.5. The fraction of sp³-hybridized carbons (Fsp3) is 0.458. The number of allylic oxidation sites excluding steroid dienone is 3. The van der Waals surface area contributed by atoms with E-state index in [1.807, 2.05) is 20.8 Å². The molecule has 1 aromatic rings. The molecule has 6 nitrogen and oxygen atoms in total. The second-order valence-corrected chi connectivity index (χ2v) is 8.65. The van der Waals surface area contributed by atoms with Crippen molar-refractivity contribution in [1.29, 1.82) is 0 Å². The molecule has 0 saturated carbocycles. The molecule has 0 amide bonds. The number of ketones is 1. The molecule has 1 aliphatic heterocycles. The highest BCUT2D eigenvalue weighted by molar-refractivity contribution is 6.30. The number of rotatable bonds is 5. The normalized spacial score (nSPS) is 24.3. The first-order valence-corrected chi connectivity index (χ1v) is 10.9. The van der Waals surface area contributed by atoms with Crippen LogP contribution in [0.3, 0.4) is 0 Å². The van der Waals surface area contributed by atoms with Crippen molar-refractivity contribution in [1.82, 2.24) is 5.32 Å². The molecule has 0 radical (unpaired) electrons. The molecule has 0 saturated heterocycles. The first-order valence-electron chi connectivity index (χ1n) is 10.5. The summed E-state index contributed by atoms with van der Waals surface area (Å²) in [7, 11) is 1.28. The van der Waals surface area contributed by atoms with Gasteiger partial charge in [-0.25, -0.2) is 4.79 Å². The average molecular weight is 446 g/mol. The highest BCUT2D eigenvalue weighted by Gasteiger charge is 2.47. The Bertz CT molecular complexity index is 963. The number of halogens is 1. The van der Waals surface area contributed by atoms with Crippen molar-refractivity contribution in [2.45, 2.75) is 52.6 Å². The van der Waals surface area contributed by atoms with Crippen LogP contribution in [-0.2, 0) is 23.9 Å². The maximum Gasteiger partial charge on any atom is 0.337 e. The lowest BCUT2D eigenvalue weighted by atomic mass is 9.69. The van der Waals surface area contributed by atoms with Crippen LogP contribution in [0.15, 0.2) is 46.8 Å². The van der Waals surface area contributed by atoms with E-state index in [1.54, 1.807) is 31.2 Å². The van der Waals surface area contributed by atoms with Gasteiger partial charge in [-0.3, -0.25) is 9.59 Å². The monoisotopic (exact) mass is 445 g/mol. The lowest BCUT2D eigenvalue weighted by Crippen LogP contribution is -2.43. The molecular formula is C24H28ClNO5. The van der Waals surface area contributed by atoms with Crippen LogP contribution in [0.25, 0.3) is 0 Å².